The van der Waals surface area contributed by atoms with Gasteiger partial charge in [0.05, 0.1) is 11.6 Å². The monoisotopic (exact) mass is 719 g/mol. The number of nitriles is 1. The van der Waals surface area contributed by atoms with Gasteiger partial charge >= 0.3 is 0 Å². The molecule has 0 saturated carbocycles. The highest BCUT2D eigenvalue weighted by Crippen LogP contribution is 2.55. The average molecular weight is 720 g/mol. The zero-order valence-corrected chi connectivity index (χ0v) is 30.6. The maximum atomic E-state index is 9.68. The summed E-state index contributed by atoms with van der Waals surface area (Å²) >= 11 is 0. The third kappa shape index (κ3) is 3.97. The number of hydrogen-bond donors (Lipinski definition) is 0. The molecule has 1 heterocycles. The van der Waals surface area contributed by atoms with Crippen molar-refractivity contribution >= 4 is 97.3 Å². The Bertz CT molecular complexity index is 3850. The molecule has 0 spiro atoms. The van der Waals surface area contributed by atoms with Crippen LogP contribution in [0.25, 0.3) is 131 Å². The standard InChI is InChI=1S/C55H29NO/c56-30-31-24-27-47-44(28-31)40-21-11-20-39(55(40)57-47)36-25-26-43-50-38(36)19-10-23-42(50)53-48(32-12-3-1-4-13-32)46-29-45-35-17-8-7-16-34(35)37-18-9-22-41(51(37)45)52(46)49(54(43)53)33-14-5-2-6-15-33/h1-29H. The molecule has 2 heteroatoms. The first kappa shape index (κ1) is 30.6. The smallest absolute Gasteiger partial charge is 0.143 e. The minimum absolute atomic E-state index is 0.626. The molecule has 13 aromatic rings. The van der Waals surface area contributed by atoms with Gasteiger partial charge in [-0.1, -0.05) is 152 Å². The number of para-hydroxylation sites is 1. The molecule has 0 bridgehead atoms. The van der Waals surface area contributed by atoms with Crippen molar-refractivity contribution in [2.45, 2.75) is 0 Å². The molecule has 57 heavy (non-hydrogen) atoms. The molecule has 0 atom stereocenters. The van der Waals surface area contributed by atoms with Crippen LogP contribution in [0.2, 0.25) is 0 Å². The number of nitrogens with zero attached hydrogens (tertiary/aromatic N) is 1. The normalized spacial score (nSPS) is 12.2. The molecule has 13 rings (SSSR count). The Morgan fingerprint density at radius 3 is 1.68 bits per heavy atom. The van der Waals surface area contributed by atoms with E-state index < -0.39 is 0 Å². The summed E-state index contributed by atoms with van der Waals surface area (Å²) in [6.07, 6.45) is 0. The van der Waals surface area contributed by atoms with Crippen LogP contribution >= 0.6 is 0 Å². The molecule has 260 valence electrons. The summed E-state index contributed by atoms with van der Waals surface area (Å²) < 4.78 is 6.61. The fraction of sp³-hybridized carbons (Fsp3) is 0. The van der Waals surface area contributed by atoms with Gasteiger partial charge < -0.3 is 4.42 Å². The summed E-state index contributed by atoms with van der Waals surface area (Å²) in [7, 11) is 0. The Hall–Kier alpha value is -7.73. The van der Waals surface area contributed by atoms with Crippen LogP contribution < -0.4 is 0 Å². The summed E-state index contributed by atoms with van der Waals surface area (Å²) in [5.74, 6) is 0. The third-order valence-electron chi connectivity index (χ3n) is 12.6. The van der Waals surface area contributed by atoms with Crippen LogP contribution in [0, 0.1) is 11.3 Å². The molecule has 12 aromatic carbocycles. The molecule has 0 fully saturated rings. The lowest BCUT2D eigenvalue weighted by molar-refractivity contribution is 0.670. The minimum atomic E-state index is 0.626. The van der Waals surface area contributed by atoms with Crippen molar-refractivity contribution in [3.05, 3.63) is 181 Å². The van der Waals surface area contributed by atoms with Crippen LogP contribution in [-0.4, -0.2) is 0 Å². The first-order valence-corrected chi connectivity index (χ1v) is 19.5. The van der Waals surface area contributed by atoms with E-state index >= 15 is 0 Å². The van der Waals surface area contributed by atoms with E-state index in [0.29, 0.717) is 5.56 Å². The summed E-state index contributed by atoms with van der Waals surface area (Å²) in [6.45, 7) is 0. The van der Waals surface area contributed by atoms with Gasteiger partial charge in [0, 0.05) is 16.3 Å². The minimum Gasteiger partial charge on any atom is -0.455 e. The largest absolute Gasteiger partial charge is 0.455 e. The summed E-state index contributed by atoms with van der Waals surface area (Å²) in [5.41, 5.74) is 9.39. The molecule has 0 aliphatic rings. The molecule has 0 aliphatic carbocycles. The SMILES string of the molecule is N#Cc1ccc2oc3c(-c4ccc5c6c(-c7ccccc7)c7c(cc8c9ccccc9c9cccc7c98)c(-c7ccccc7)c6c6cccc4c65)cccc3c2c1. The topological polar surface area (TPSA) is 36.9 Å². The van der Waals surface area contributed by atoms with Crippen molar-refractivity contribution in [2.24, 2.45) is 0 Å². The summed E-state index contributed by atoms with van der Waals surface area (Å²) in [6, 6.07) is 66.1. The highest BCUT2D eigenvalue weighted by Gasteiger charge is 2.27. The molecule has 2 nitrogen and oxygen atoms in total. The van der Waals surface area contributed by atoms with Crippen LogP contribution in [0.4, 0.5) is 0 Å². The van der Waals surface area contributed by atoms with Crippen LogP contribution in [0.15, 0.2) is 180 Å². The van der Waals surface area contributed by atoms with Crippen molar-refractivity contribution in [1.29, 1.82) is 5.26 Å². The van der Waals surface area contributed by atoms with E-state index in [0.717, 1.165) is 33.1 Å². The number of rotatable bonds is 3. The van der Waals surface area contributed by atoms with Gasteiger partial charge in [-0.15, -0.1) is 0 Å². The third-order valence-corrected chi connectivity index (χ3v) is 12.6. The maximum Gasteiger partial charge on any atom is 0.143 e. The van der Waals surface area contributed by atoms with E-state index in [1.54, 1.807) is 0 Å². The molecule has 0 N–H and O–H groups in total. The van der Waals surface area contributed by atoms with Gasteiger partial charge in [0.25, 0.3) is 0 Å². The Kier molecular flexibility index (Phi) is 5.99. The van der Waals surface area contributed by atoms with Gasteiger partial charge in [0.2, 0.25) is 0 Å². The van der Waals surface area contributed by atoms with Gasteiger partial charge in [-0.3, -0.25) is 0 Å². The van der Waals surface area contributed by atoms with E-state index in [1.807, 2.05) is 18.2 Å². The van der Waals surface area contributed by atoms with Crippen LogP contribution in [-0.2, 0) is 0 Å². The quantitative estimate of drug-likeness (QED) is 0.171. The van der Waals surface area contributed by atoms with Crippen molar-refractivity contribution < 1.29 is 4.42 Å². The molecule has 0 unspecified atom stereocenters. The zero-order chi connectivity index (χ0) is 37.4. The van der Waals surface area contributed by atoms with Gasteiger partial charge in [0.1, 0.15) is 11.2 Å². The lowest BCUT2D eigenvalue weighted by Crippen LogP contribution is -1.91. The van der Waals surface area contributed by atoms with Gasteiger partial charge in [-0.25, -0.2) is 0 Å². The molecular formula is C55H29NO. The lowest BCUT2D eigenvalue weighted by Gasteiger charge is -2.19. The van der Waals surface area contributed by atoms with Crippen LogP contribution in [0.5, 0.6) is 0 Å². The van der Waals surface area contributed by atoms with Gasteiger partial charge in [0.15, 0.2) is 0 Å². The summed E-state index contributed by atoms with van der Waals surface area (Å²) in [5, 5.41) is 29.6. The fourth-order valence-corrected chi connectivity index (χ4v) is 10.3. The highest BCUT2D eigenvalue weighted by atomic mass is 16.3. The van der Waals surface area contributed by atoms with E-state index in [4.69, 9.17) is 4.42 Å². The van der Waals surface area contributed by atoms with E-state index in [9.17, 15) is 5.26 Å². The first-order chi connectivity index (χ1) is 28.3. The van der Waals surface area contributed by atoms with Gasteiger partial charge in [-0.2, -0.15) is 5.26 Å². The Labute approximate surface area is 326 Å². The van der Waals surface area contributed by atoms with E-state index in [2.05, 4.69) is 164 Å². The molecule has 0 amide bonds. The molecule has 0 radical (unpaired) electrons. The lowest BCUT2D eigenvalue weighted by atomic mass is 9.84. The Morgan fingerprint density at radius 2 is 0.912 bits per heavy atom. The Balaban J connectivity index is 1.26. The second-order valence-electron chi connectivity index (χ2n) is 15.3. The number of benzene rings is 10. The fourth-order valence-electron chi connectivity index (χ4n) is 10.3. The number of hydrogen-bond acceptors (Lipinski definition) is 2. The molecule has 0 aliphatic heterocycles. The predicted molar refractivity (Wildman–Crippen MR) is 240 cm³/mol. The Morgan fingerprint density at radius 1 is 0.333 bits per heavy atom. The average Bonchev–Trinajstić information content (AvgIpc) is 3.93. The predicted octanol–water partition coefficient (Wildman–Crippen LogP) is 15.4. The summed E-state index contributed by atoms with van der Waals surface area (Å²) in [4.78, 5) is 0. The van der Waals surface area contributed by atoms with Crippen LogP contribution in [0.3, 0.4) is 0 Å². The number of fused-ring (bicyclic) bond motifs is 11. The van der Waals surface area contributed by atoms with E-state index in [-0.39, 0.29) is 0 Å². The maximum absolute atomic E-state index is 9.68. The van der Waals surface area contributed by atoms with E-state index in [1.165, 1.54) is 97.7 Å². The van der Waals surface area contributed by atoms with Gasteiger partial charge in [-0.05, 0) is 127 Å². The zero-order valence-electron chi connectivity index (χ0n) is 30.6. The first-order valence-electron chi connectivity index (χ1n) is 19.5. The molecule has 1 aromatic heterocycles. The van der Waals surface area contributed by atoms with Crippen molar-refractivity contribution in [1.82, 2.24) is 0 Å². The highest BCUT2D eigenvalue weighted by molar-refractivity contribution is 6.45. The van der Waals surface area contributed by atoms with Crippen LogP contribution in [0.1, 0.15) is 5.56 Å². The van der Waals surface area contributed by atoms with Crippen molar-refractivity contribution in [3.8, 4) is 39.4 Å². The van der Waals surface area contributed by atoms with Crippen molar-refractivity contribution in [2.75, 3.05) is 0 Å². The number of furan rings is 1. The molecular weight excluding hydrogens is 691 g/mol. The second kappa shape index (κ2) is 11.2. The van der Waals surface area contributed by atoms with Crippen molar-refractivity contribution in [3.63, 3.8) is 0 Å². The second-order valence-corrected chi connectivity index (χ2v) is 15.3. The molecule has 0 saturated heterocycles.